The van der Waals surface area contributed by atoms with Gasteiger partial charge in [-0.25, -0.2) is 4.79 Å². The molecule has 0 unspecified atom stereocenters. The normalized spacial score (nSPS) is 16.7. The van der Waals surface area contributed by atoms with Gasteiger partial charge in [0, 0.05) is 19.0 Å². The Bertz CT molecular complexity index is 724. The second-order valence-corrected chi connectivity index (χ2v) is 6.70. The summed E-state index contributed by atoms with van der Waals surface area (Å²) in [6, 6.07) is 7.71. The number of para-hydroxylation sites is 2. The third kappa shape index (κ3) is 4.28. The van der Waals surface area contributed by atoms with Crippen molar-refractivity contribution < 1.29 is 9.21 Å². The summed E-state index contributed by atoms with van der Waals surface area (Å²) in [6.07, 6.45) is 9.59. The number of benzene rings is 1. The van der Waals surface area contributed by atoms with Crippen molar-refractivity contribution in [2.45, 2.75) is 70.4 Å². The number of nitrogens with zero attached hydrogens (tertiary/aromatic N) is 1. The molecule has 2 aromatic rings. The molecule has 0 atom stereocenters. The van der Waals surface area contributed by atoms with Crippen LogP contribution in [0.2, 0.25) is 0 Å². The summed E-state index contributed by atoms with van der Waals surface area (Å²) < 4.78 is 6.82. The summed E-state index contributed by atoms with van der Waals surface area (Å²) in [7, 11) is 0. The Morgan fingerprint density at radius 2 is 1.83 bits per heavy atom. The number of hydrogen-bond donors (Lipinski definition) is 1. The van der Waals surface area contributed by atoms with Crippen molar-refractivity contribution in [1.29, 1.82) is 0 Å². The predicted molar refractivity (Wildman–Crippen MR) is 94.0 cm³/mol. The zero-order chi connectivity index (χ0) is 16.8. The molecule has 1 aromatic heterocycles. The molecule has 1 saturated carbocycles. The minimum absolute atomic E-state index is 0.0985. The van der Waals surface area contributed by atoms with Crippen LogP contribution in [0.25, 0.3) is 11.1 Å². The van der Waals surface area contributed by atoms with Crippen LogP contribution in [-0.2, 0) is 11.3 Å². The summed E-state index contributed by atoms with van der Waals surface area (Å²) >= 11 is 0. The second kappa shape index (κ2) is 8.18. The fraction of sp³-hybridized carbons (Fsp3) is 0.579. The van der Waals surface area contributed by atoms with Crippen LogP contribution >= 0.6 is 0 Å². The van der Waals surface area contributed by atoms with Crippen molar-refractivity contribution >= 4 is 17.0 Å². The first-order chi connectivity index (χ1) is 11.7. The Kier molecular flexibility index (Phi) is 5.72. The van der Waals surface area contributed by atoms with Gasteiger partial charge in [-0.05, 0) is 31.4 Å². The van der Waals surface area contributed by atoms with Crippen molar-refractivity contribution in [3.63, 3.8) is 0 Å². The SMILES string of the molecule is O=C(CCCn1c(=O)oc2ccccc21)NC1CCCCCCC1. The quantitative estimate of drug-likeness (QED) is 0.911. The lowest BCUT2D eigenvalue weighted by Gasteiger charge is -2.21. The number of nitrogens with one attached hydrogen (secondary N) is 1. The number of carbonyl (C=O) groups is 1. The van der Waals surface area contributed by atoms with Gasteiger partial charge >= 0.3 is 5.76 Å². The summed E-state index contributed by atoms with van der Waals surface area (Å²) in [5, 5.41) is 3.17. The van der Waals surface area contributed by atoms with Gasteiger partial charge in [-0.2, -0.15) is 0 Å². The van der Waals surface area contributed by atoms with Crippen LogP contribution < -0.4 is 11.1 Å². The topological polar surface area (TPSA) is 64.2 Å². The smallest absolute Gasteiger partial charge is 0.408 e. The molecule has 0 radical (unpaired) electrons. The summed E-state index contributed by atoms with van der Waals surface area (Å²) in [6.45, 7) is 0.508. The fourth-order valence-corrected chi connectivity index (χ4v) is 3.52. The Morgan fingerprint density at radius 1 is 1.12 bits per heavy atom. The molecule has 1 aliphatic rings. The minimum atomic E-state index is -0.350. The third-order valence-electron chi connectivity index (χ3n) is 4.83. The van der Waals surface area contributed by atoms with Gasteiger partial charge in [-0.1, -0.05) is 44.2 Å². The standard InChI is InChI=1S/C19H26N2O3/c22-18(20-15-9-4-2-1-3-5-10-15)13-8-14-21-16-11-6-7-12-17(16)24-19(21)23/h6-7,11-12,15H,1-5,8-10,13-14H2,(H,20,22). The summed E-state index contributed by atoms with van der Waals surface area (Å²) in [4.78, 5) is 24.1. The lowest BCUT2D eigenvalue weighted by atomic mass is 9.96. The van der Waals surface area contributed by atoms with Crippen LogP contribution in [0.5, 0.6) is 0 Å². The minimum Gasteiger partial charge on any atom is -0.408 e. The van der Waals surface area contributed by atoms with Gasteiger partial charge in [0.1, 0.15) is 0 Å². The maximum atomic E-state index is 12.2. The monoisotopic (exact) mass is 330 g/mol. The second-order valence-electron chi connectivity index (χ2n) is 6.70. The zero-order valence-corrected chi connectivity index (χ0v) is 14.1. The molecule has 1 aromatic carbocycles. The number of carbonyl (C=O) groups excluding carboxylic acids is 1. The maximum absolute atomic E-state index is 12.2. The molecule has 1 amide bonds. The highest BCUT2D eigenvalue weighted by Crippen LogP contribution is 2.17. The summed E-state index contributed by atoms with van der Waals surface area (Å²) in [5.41, 5.74) is 1.39. The van der Waals surface area contributed by atoms with Crippen LogP contribution in [-0.4, -0.2) is 16.5 Å². The lowest BCUT2D eigenvalue weighted by Crippen LogP contribution is -2.35. The molecular weight excluding hydrogens is 304 g/mol. The van der Waals surface area contributed by atoms with Crippen LogP contribution in [0.15, 0.2) is 33.5 Å². The highest BCUT2D eigenvalue weighted by Gasteiger charge is 2.14. The molecular formula is C19H26N2O3. The fourth-order valence-electron chi connectivity index (χ4n) is 3.52. The van der Waals surface area contributed by atoms with Gasteiger partial charge in [-0.15, -0.1) is 0 Å². The van der Waals surface area contributed by atoms with Gasteiger partial charge in [0.25, 0.3) is 0 Å². The van der Waals surface area contributed by atoms with Gasteiger partial charge in [0.05, 0.1) is 5.52 Å². The van der Waals surface area contributed by atoms with Crippen LogP contribution in [0, 0.1) is 0 Å². The molecule has 0 aliphatic heterocycles. The van der Waals surface area contributed by atoms with Crippen molar-refractivity contribution in [3.05, 3.63) is 34.8 Å². The lowest BCUT2D eigenvalue weighted by molar-refractivity contribution is -0.122. The van der Waals surface area contributed by atoms with Gasteiger partial charge < -0.3 is 9.73 Å². The molecule has 5 heteroatoms. The number of hydrogen-bond acceptors (Lipinski definition) is 3. The summed E-state index contributed by atoms with van der Waals surface area (Å²) in [5.74, 6) is -0.252. The van der Waals surface area contributed by atoms with Crippen LogP contribution in [0.1, 0.15) is 57.8 Å². The number of aryl methyl sites for hydroxylation is 1. The third-order valence-corrected chi connectivity index (χ3v) is 4.83. The van der Waals surface area contributed by atoms with Crippen LogP contribution in [0.4, 0.5) is 0 Å². The highest BCUT2D eigenvalue weighted by atomic mass is 16.4. The molecule has 5 nitrogen and oxygen atoms in total. The van der Waals surface area contributed by atoms with Crippen LogP contribution in [0.3, 0.4) is 0 Å². The number of aromatic nitrogens is 1. The van der Waals surface area contributed by atoms with E-state index in [0.717, 1.165) is 18.4 Å². The first-order valence-corrected chi connectivity index (χ1v) is 9.12. The molecule has 0 saturated heterocycles. The van der Waals surface area contributed by atoms with Gasteiger partial charge in [-0.3, -0.25) is 9.36 Å². The number of fused-ring (bicyclic) bond motifs is 1. The van der Waals surface area contributed by atoms with E-state index in [1.54, 1.807) is 10.6 Å². The van der Waals surface area contributed by atoms with E-state index in [1.165, 1.54) is 32.1 Å². The van der Waals surface area contributed by atoms with E-state index in [1.807, 2.05) is 18.2 Å². The average molecular weight is 330 g/mol. The molecule has 24 heavy (non-hydrogen) atoms. The first-order valence-electron chi connectivity index (χ1n) is 9.12. The largest absolute Gasteiger partial charge is 0.419 e. The van der Waals surface area contributed by atoms with Gasteiger partial charge in [0.2, 0.25) is 5.91 Å². The molecule has 1 heterocycles. The van der Waals surface area contributed by atoms with E-state index in [-0.39, 0.29) is 11.7 Å². The van der Waals surface area contributed by atoms with E-state index < -0.39 is 0 Å². The van der Waals surface area contributed by atoms with E-state index in [4.69, 9.17) is 4.42 Å². The van der Waals surface area contributed by atoms with E-state index >= 15 is 0 Å². The van der Waals surface area contributed by atoms with Gasteiger partial charge in [0.15, 0.2) is 5.58 Å². The number of oxazole rings is 1. The molecule has 1 N–H and O–H groups in total. The molecule has 130 valence electrons. The predicted octanol–water partition coefficient (Wildman–Crippen LogP) is 3.60. The Balaban J connectivity index is 1.49. The van der Waals surface area contributed by atoms with Crippen molar-refractivity contribution in [2.24, 2.45) is 0 Å². The Labute approximate surface area is 142 Å². The van der Waals surface area contributed by atoms with E-state index in [2.05, 4.69) is 5.32 Å². The number of rotatable bonds is 5. The molecule has 1 aliphatic carbocycles. The Morgan fingerprint density at radius 3 is 2.62 bits per heavy atom. The zero-order valence-electron chi connectivity index (χ0n) is 14.1. The Hall–Kier alpha value is -2.04. The molecule has 1 fully saturated rings. The molecule has 0 spiro atoms. The van der Waals surface area contributed by atoms with E-state index in [9.17, 15) is 9.59 Å². The highest BCUT2D eigenvalue weighted by molar-refractivity contribution is 5.76. The van der Waals surface area contributed by atoms with Crippen molar-refractivity contribution in [2.75, 3.05) is 0 Å². The maximum Gasteiger partial charge on any atom is 0.419 e. The molecule has 0 bridgehead atoms. The molecule has 3 rings (SSSR count). The average Bonchev–Trinajstić information content (AvgIpc) is 2.86. The first kappa shape index (κ1) is 16.8. The van der Waals surface area contributed by atoms with E-state index in [0.29, 0.717) is 31.0 Å². The number of amides is 1. The van der Waals surface area contributed by atoms with Crippen molar-refractivity contribution in [3.8, 4) is 0 Å². The van der Waals surface area contributed by atoms with Crippen molar-refractivity contribution in [1.82, 2.24) is 9.88 Å².